The van der Waals surface area contributed by atoms with Gasteiger partial charge in [-0.25, -0.2) is 0 Å². The van der Waals surface area contributed by atoms with Gasteiger partial charge in [-0.1, -0.05) is 59.7 Å². The van der Waals surface area contributed by atoms with Crippen LogP contribution in [0.25, 0.3) is 0 Å². The Morgan fingerprint density at radius 3 is 1.26 bits per heavy atom. The Labute approximate surface area is 116 Å². The standard InChI is InChI=1S/C18H16Si/c1-5-19(6-2,17-11-7-15(3)8-12-17)18-13-9-16(4)10-14-18/h1-2,7-14H,3-4H3. The van der Waals surface area contributed by atoms with Crippen LogP contribution in [0.5, 0.6) is 0 Å². The molecule has 0 aliphatic rings. The predicted octanol–water partition coefficient (Wildman–Crippen LogP) is 2.21. The molecule has 2 aromatic carbocycles. The summed E-state index contributed by atoms with van der Waals surface area (Å²) in [6.45, 7) is 4.12. The van der Waals surface area contributed by atoms with E-state index in [1.165, 1.54) is 11.1 Å². The number of hydrogen-bond donors (Lipinski definition) is 0. The highest BCUT2D eigenvalue weighted by Crippen LogP contribution is 2.06. The molecule has 0 nitrogen and oxygen atoms in total. The first-order chi connectivity index (χ1) is 9.12. The van der Waals surface area contributed by atoms with E-state index in [-0.39, 0.29) is 0 Å². The summed E-state index contributed by atoms with van der Waals surface area (Å²) in [6, 6.07) is 16.6. The molecule has 0 bridgehead atoms. The zero-order chi connectivity index (χ0) is 13.9. The van der Waals surface area contributed by atoms with Gasteiger partial charge in [0.25, 0.3) is 8.07 Å². The van der Waals surface area contributed by atoms with E-state index < -0.39 is 8.07 Å². The van der Waals surface area contributed by atoms with Crippen LogP contribution in [-0.4, -0.2) is 8.07 Å². The minimum atomic E-state index is -2.49. The van der Waals surface area contributed by atoms with Gasteiger partial charge in [0.15, 0.2) is 0 Å². The van der Waals surface area contributed by atoms with Crippen molar-refractivity contribution >= 4 is 18.4 Å². The van der Waals surface area contributed by atoms with Gasteiger partial charge in [0.05, 0.1) is 0 Å². The number of benzene rings is 2. The van der Waals surface area contributed by atoms with E-state index >= 15 is 0 Å². The monoisotopic (exact) mass is 260 g/mol. The molecule has 0 aromatic heterocycles. The second kappa shape index (κ2) is 5.18. The summed E-state index contributed by atoms with van der Waals surface area (Å²) in [5.74, 6) is 0. The highest BCUT2D eigenvalue weighted by molar-refractivity contribution is 7.13. The molecule has 0 unspecified atom stereocenters. The molecule has 0 fully saturated rings. The van der Waals surface area contributed by atoms with Crippen LogP contribution in [-0.2, 0) is 0 Å². The fourth-order valence-electron chi connectivity index (χ4n) is 2.15. The molecule has 0 aliphatic carbocycles. The molecule has 2 aromatic rings. The van der Waals surface area contributed by atoms with Gasteiger partial charge in [-0.3, -0.25) is 0 Å². The van der Waals surface area contributed by atoms with Crippen LogP contribution >= 0.6 is 0 Å². The van der Waals surface area contributed by atoms with Crippen molar-refractivity contribution in [3.8, 4) is 23.9 Å². The summed E-state index contributed by atoms with van der Waals surface area (Å²) < 4.78 is 0. The van der Waals surface area contributed by atoms with Crippen LogP contribution in [0.2, 0.25) is 0 Å². The van der Waals surface area contributed by atoms with Crippen LogP contribution in [0, 0.1) is 37.8 Å². The molecule has 1 heteroatoms. The normalized spacial score (nSPS) is 10.5. The maximum Gasteiger partial charge on any atom is 0.275 e. The van der Waals surface area contributed by atoms with Crippen LogP contribution in [0.15, 0.2) is 48.5 Å². The number of rotatable bonds is 2. The third kappa shape index (κ3) is 2.34. The Kier molecular flexibility index (Phi) is 3.61. The highest BCUT2D eigenvalue weighted by atomic mass is 28.3. The van der Waals surface area contributed by atoms with Gasteiger partial charge in [0.1, 0.15) is 0 Å². The van der Waals surface area contributed by atoms with Crippen molar-refractivity contribution in [1.82, 2.24) is 0 Å². The second-order valence-electron chi connectivity index (χ2n) is 4.77. The first-order valence-electron chi connectivity index (χ1n) is 6.22. The van der Waals surface area contributed by atoms with E-state index in [1.54, 1.807) is 0 Å². The molecule has 0 heterocycles. The molecule has 0 aliphatic heterocycles. The first kappa shape index (κ1) is 13.2. The molecule has 0 N–H and O–H groups in total. The van der Waals surface area contributed by atoms with Crippen LogP contribution in [0.4, 0.5) is 0 Å². The average Bonchev–Trinajstić information content (AvgIpc) is 2.44. The molecule has 0 atom stereocenters. The molecule has 19 heavy (non-hydrogen) atoms. The van der Waals surface area contributed by atoms with Crippen molar-refractivity contribution in [3.05, 3.63) is 59.7 Å². The summed E-state index contributed by atoms with van der Waals surface area (Å²) in [5.41, 5.74) is 8.30. The molecule has 0 spiro atoms. The summed E-state index contributed by atoms with van der Waals surface area (Å²) in [6.07, 6.45) is 11.7. The topological polar surface area (TPSA) is 0 Å². The molecular formula is C18H16Si. The molecular weight excluding hydrogens is 244 g/mol. The lowest BCUT2D eigenvalue weighted by Gasteiger charge is -2.21. The Morgan fingerprint density at radius 1 is 0.684 bits per heavy atom. The van der Waals surface area contributed by atoms with Crippen molar-refractivity contribution in [2.45, 2.75) is 13.8 Å². The lowest BCUT2D eigenvalue weighted by atomic mass is 10.2. The highest BCUT2D eigenvalue weighted by Gasteiger charge is 2.33. The van der Waals surface area contributed by atoms with Gasteiger partial charge < -0.3 is 0 Å². The van der Waals surface area contributed by atoms with E-state index in [0.717, 1.165) is 10.4 Å². The summed E-state index contributed by atoms with van der Waals surface area (Å²) in [7, 11) is -2.49. The SMILES string of the molecule is C#C[Si](C#C)(c1ccc(C)cc1)c1ccc(C)cc1. The number of terminal acetylenes is 2. The second-order valence-corrected chi connectivity index (χ2v) is 8.00. The molecule has 0 saturated heterocycles. The van der Waals surface area contributed by atoms with E-state index in [4.69, 9.17) is 12.8 Å². The minimum absolute atomic E-state index is 1.10. The predicted molar refractivity (Wildman–Crippen MR) is 85.0 cm³/mol. The quantitative estimate of drug-likeness (QED) is 0.574. The number of hydrogen-bond acceptors (Lipinski definition) is 0. The third-order valence-corrected chi connectivity index (χ3v) is 6.67. The van der Waals surface area contributed by atoms with Crippen molar-refractivity contribution in [2.24, 2.45) is 0 Å². The lowest BCUT2D eigenvalue weighted by Crippen LogP contribution is -2.56. The van der Waals surface area contributed by atoms with Crippen molar-refractivity contribution in [1.29, 1.82) is 0 Å². The summed E-state index contributed by atoms with van der Waals surface area (Å²) in [5, 5.41) is 2.21. The molecule has 0 radical (unpaired) electrons. The van der Waals surface area contributed by atoms with Gasteiger partial charge in [-0.05, 0) is 24.2 Å². The fourth-order valence-corrected chi connectivity index (χ4v) is 4.57. The Hall–Kier alpha value is -2.22. The lowest BCUT2D eigenvalue weighted by molar-refractivity contribution is 1.48. The van der Waals surface area contributed by atoms with Gasteiger partial charge in [-0.15, -0.1) is 23.9 Å². The van der Waals surface area contributed by atoms with Crippen LogP contribution in [0.3, 0.4) is 0 Å². The summed E-state index contributed by atoms with van der Waals surface area (Å²) in [4.78, 5) is 0. The van der Waals surface area contributed by atoms with Crippen molar-refractivity contribution < 1.29 is 0 Å². The fraction of sp³-hybridized carbons (Fsp3) is 0.111. The van der Waals surface area contributed by atoms with Crippen LogP contribution < -0.4 is 10.4 Å². The van der Waals surface area contributed by atoms with Crippen molar-refractivity contribution in [3.63, 3.8) is 0 Å². The average molecular weight is 260 g/mol. The molecule has 0 amide bonds. The first-order valence-corrected chi connectivity index (χ1v) is 8.22. The van der Waals surface area contributed by atoms with Crippen LogP contribution in [0.1, 0.15) is 11.1 Å². The Bertz CT molecular complexity index is 587. The summed E-state index contributed by atoms with van der Waals surface area (Å²) >= 11 is 0. The zero-order valence-corrected chi connectivity index (χ0v) is 12.3. The maximum atomic E-state index is 5.83. The smallest absolute Gasteiger partial charge is 0.125 e. The van der Waals surface area contributed by atoms with Crippen molar-refractivity contribution in [2.75, 3.05) is 0 Å². The van der Waals surface area contributed by atoms with Gasteiger partial charge in [0.2, 0.25) is 0 Å². The third-order valence-electron chi connectivity index (χ3n) is 3.40. The van der Waals surface area contributed by atoms with E-state index in [2.05, 4.69) is 73.5 Å². The van der Waals surface area contributed by atoms with E-state index in [1.807, 2.05) is 0 Å². The molecule has 2 rings (SSSR count). The van der Waals surface area contributed by atoms with Gasteiger partial charge >= 0.3 is 0 Å². The zero-order valence-electron chi connectivity index (χ0n) is 11.3. The van der Waals surface area contributed by atoms with E-state index in [9.17, 15) is 0 Å². The Balaban J connectivity index is 2.62. The Morgan fingerprint density at radius 2 is 1.00 bits per heavy atom. The van der Waals surface area contributed by atoms with Gasteiger partial charge in [-0.2, -0.15) is 0 Å². The molecule has 92 valence electrons. The van der Waals surface area contributed by atoms with E-state index in [0.29, 0.717) is 0 Å². The molecule has 0 saturated carbocycles. The number of aryl methyl sites for hydroxylation is 2. The minimum Gasteiger partial charge on any atom is -0.125 e. The maximum absolute atomic E-state index is 5.83. The van der Waals surface area contributed by atoms with Gasteiger partial charge in [0, 0.05) is 0 Å². The largest absolute Gasteiger partial charge is 0.275 e.